The molecule has 4 nitrogen and oxygen atoms in total. The number of benzene rings is 1. The third kappa shape index (κ3) is 2.72. The Labute approximate surface area is 135 Å². The van der Waals surface area contributed by atoms with E-state index in [1.54, 1.807) is 12.1 Å². The lowest BCUT2D eigenvalue weighted by molar-refractivity contribution is -0.885. The van der Waals surface area contributed by atoms with Gasteiger partial charge < -0.3 is 4.98 Å². The van der Waals surface area contributed by atoms with Crippen molar-refractivity contribution in [3.05, 3.63) is 63.9 Å². The molecule has 4 heteroatoms. The first-order valence-electron chi connectivity index (χ1n) is 7.66. The van der Waals surface area contributed by atoms with Crippen LogP contribution in [-0.2, 0) is 5.41 Å². The Hall–Kier alpha value is -2.62. The van der Waals surface area contributed by atoms with E-state index < -0.39 is 0 Å². The van der Waals surface area contributed by atoms with E-state index in [-0.39, 0.29) is 16.4 Å². The van der Waals surface area contributed by atoms with Gasteiger partial charge in [0.1, 0.15) is 5.52 Å². The Balaban J connectivity index is 2.20. The van der Waals surface area contributed by atoms with E-state index in [2.05, 4.69) is 37.9 Å². The van der Waals surface area contributed by atoms with Crippen molar-refractivity contribution in [1.82, 2.24) is 4.98 Å². The summed E-state index contributed by atoms with van der Waals surface area (Å²) in [4.78, 5) is 15.6. The lowest BCUT2D eigenvalue weighted by Crippen LogP contribution is -2.34. The molecule has 0 unspecified atom stereocenters. The van der Waals surface area contributed by atoms with Gasteiger partial charge in [0.15, 0.2) is 0 Å². The number of hydrogen-bond donors (Lipinski definition) is 2. The number of fused-ring (bicyclic) bond motifs is 1. The molecular weight excluding hydrogens is 288 g/mol. The first kappa shape index (κ1) is 15.3. The third-order valence-electron chi connectivity index (χ3n) is 4.14. The van der Waals surface area contributed by atoms with Crippen molar-refractivity contribution in [1.29, 1.82) is 0 Å². The van der Waals surface area contributed by atoms with Crippen LogP contribution in [0.5, 0.6) is 0 Å². The molecule has 0 radical (unpaired) electrons. The quantitative estimate of drug-likeness (QED) is 0.535. The summed E-state index contributed by atoms with van der Waals surface area (Å²) in [6.07, 6.45) is 1.45. The molecule has 0 spiro atoms. The Kier molecular flexibility index (Phi) is 3.48. The highest BCUT2D eigenvalue weighted by Gasteiger charge is 2.17. The predicted molar refractivity (Wildman–Crippen MR) is 90.8 cm³/mol. The molecular formula is C19H21N2O2+. The second-order valence-electron chi connectivity index (χ2n) is 6.94. The van der Waals surface area contributed by atoms with Gasteiger partial charge in [0, 0.05) is 22.4 Å². The largest absolute Gasteiger partial charge is 0.349 e. The van der Waals surface area contributed by atoms with Gasteiger partial charge in [-0.15, -0.1) is 0 Å². The summed E-state index contributed by atoms with van der Waals surface area (Å²) in [5.74, 6) is 0. The maximum atomic E-state index is 12.3. The summed E-state index contributed by atoms with van der Waals surface area (Å²) >= 11 is 0. The second-order valence-corrected chi connectivity index (χ2v) is 6.94. The first-order valence-corrected chi connectivity index (χ1v) is 7.66. The van der Waals surface area contributed by atoms with E-state index in [0.29, 0.717) is 5.52 Å². The van der Waals surface area contributed by atoms with E-state index in [1.165, 1.54) is 17.8 Å². The van der Waals surface area contributed by atoms with Crippen LogP contribution in [0.15, 0.2) is 47.4 Å². The van der Waals surface area contributed by atoms with Gasteiger partial charge in [-0.3, -0.25) is 10.0 Å². The van der Waals surface area contributed by atoms with Crippen LogP contribution < -0.4 is 10.2 Å². The number of rotatable bonds is 1. The molecule has 2 heterocycles. The van der Waals surface area contributed by atoms with Crippen molar-refractivity contribution in [2.45, 2.75) is 33.1 Å². The molecule has 0 aliphatic carbocycles. The third-order valence-corrected chi connectivity index (χ3v) is 4.14. The lowest BCUT2D eigenvalue weighted by Gasteiger charge is -2.20. The fourth-order valence-corrected chi connectivity index (χ4v) is 2.80. The molecule has 3 aromatic rings. The fourth-order valence-electron chi connectivity index (χ4n) is 2.80. The number of aryl methyl sites for hydroxylation is 1. The molecule has 118 valence electrons. The smallest absolute Gasteiger partial charge is 0.327 e. The van der Waals surface area contributed by atoms with Crippen LogP contribution in [0.4, 0.5) is 0 Å². The van der Waals surface area contributed by atoms with Crippen LogP contribution in [0.2, 0.25) is 0 Å². The molecule has 2 aromatic heterocycles. The topological polar surface area (TPSA) is 57.0 Å². The molecule has 23 heavy (non-hydrogen) atoms. The first-order chi connectivity index (χ1) is 10.8. The highest BCUT2D eigenvalue weighted by Crippen LogP contribution is 2.28. The number of nitrogens with zero attached hydrogens (tertiary/aromatic N) is 1. The molecule has 3 rings (SSSR count). The van der Waals surface area contributed by atoms with Crippen molar-refractivity contribution in [2.24, 2.45) is 0 Å². The zero-order chi connectivity index (χ0) is 16.8. The number of nitrogens with one attached hydrogen (secondary N) is 1. The highest BCUT2D eigenvalue weighted by molar-refractivity contribution is 5.76. The Bertz CT molecular complexity index is 950. The van der Waals surface area contributed by atoms with Gasteiger partial charge in [-0.1, -0.05) is 39.0 Å². The van der Waals surface area contributed by atoms with Gasteiger partial charge in [0.2, 0.25) is 6.20 Å². The minimum atomic E-state index is -0.212. The minimum Gasteiger partial charge on any atom is -0.349 e. The maximum Gasteiger partial charge on any atom is 0.327 e. The van der Waals surface area contributed by atoms with Crippen molar-refractivity contribution < 1.29 is 9.94 Å². The van der Waals surface area contributed by atoms with Crippen molar-refractivity contribution in [3.8, 4) is 11.3 Å². The van der Waals surface area contributed by atoms with Gasteiger partial charge in [0.25, 0.3) is 5.43 Å². The standard InChI is InChI=1S/C19H20N2O2/c1-12-10-13(19(2,3)4)7-8-14(12)16-11-17(22)18-15(20-16)6-5-9-21(18)23/h5-11H,1-4H3,(H-,20,22,23)/p+1. The average Bonchev–Trinajstić information content (AvgIpc) is 2.45. The number of hydrogen-bond acceptors (Lipinski definition) is 2. The van der Waals surface area contributed by atoms with Crippen molar-refractivity contribution in [2.75, 3.05) is 0 Å². The van der Waals surface area contributed by atoms with E-state index in [1.807, 2.05) is 13.0 Å². The average molecular weight is 309 g/mol. The summed E-state index contributed by atoms with van der Waals surface area (Å²) in [6.45, 7) is 8.59. The molecule has 0 aliphatic heterocycles. The maximum absolute atomic E-state index is 12.3. The molecule has 0 aliphatic rings. The molecule has 0 atom stereocenters. The minimum absolute atomic E-state index is 0.0858. The number of aromatic amines is 1. The molecule has 0 amide bonds. The molecule has 0 fully saturated rings. The zero-order valence-corrected chi connectivity index (χ0v) is 13.8. The van der Waals surface area contributed by atoms with E-state index in [4.69, 9.17) is 0 Å². The van der Waals surface area contributed by atoms with E-state index in [9.17, 15) is 10.0 Å². The summed E-state index contributed by atoms with van der Waals surface area (Å²) < 4.78 is 0.855. The Morgan fingerprint density at radius 2 is 1.87 bits per heavy atom. The summed E-state index contributed by atoms with van der Waals surface area (Å²) in [5, 5.41) is 9.79. The van der Waals surface area contributed by atoms with Gasteiger partial charge in [-0.05, 0) is 29.5 Å². The Morgan fingerprint density at radius 1 is 1.13 bits per heavy atom. The van der Waals surface area contributed by atoms with E-state index in [0.717, 1.165) is 21.6 Å². The normalized spacial score (nSPS) is 11.8. The van der Waals surface area contributed by atoms with Crippen LogP contribution in [0.1, 0.15) is 31.9 Å². The number of pyridine rings is 2. The second kappa shape index (κ2) is 5.23. The fraction of sp³-hybridized carbons (Fsp3) is 0.263. The monoisotopic (exact) mass is 309 g/mol. The molecule has 2 N–H and O–H groups in total. The summed E-state index contributed by atoms with van der Waals surface area (Å²) in [7, 11) is 0. The summed E-state index contributed by atoms with van der Waals surface area (Å²) in [6, 6.07) is 11.3. The van der Waals surface area contributed by atoms with Crippen molar-refractivity contribution >= 4 is 11.0 Å². The highest BCUT2D eigenvalue weighted by atomic mass is 16.5. The van der Waals surface area contributed by atoms with Crippen LogP contribution in [0, 0.1) is 6.92 Å². The van der Waals surface area contributed by atoms with E-state index >= 15 is 0 Å². The number of H-pyrrole nitrogens is 1. The molecule has 0 saturated heterocycles. The molecule has 0 bridgehead atoms. The zero-order valence-electron chi connectivity index (χ0n) is 13.8. The van der Waals surface area contributed by atoms with Gasteiger partial charge in [-0.2, -0.15) is 0 Å². The van der Waals surface area contributed by atoms with Crippen LogP contribution in [0.25, 0.3) is 22.3 Å². The van der Waals surface area contributed by atoms with Gasteiger partial charge in [0.05, 0.1) is 5.69 Å². The lowest BCUT2D eigenvalue weighted by atomic mass is 9.85. The Morgan fingerprint density at radius 3 is 2.52 bits per heavy atom. The number of aromatic nitrogens is 2. The van der Waals surface area contributed by atoms with Crippen molar-refractivity contribution in [3.63, 3.8) is 0 Å². The van der Waals surface area contributed by atoms with Crippen LogP contribution in [-0.4, -0.2) is 10.2 Å². The summed E-state index contributed by atoms with van der Waals surface area (Å²) in [5.41, 5.74) is 4.85. The van der Waals surface area contributed by atoms with Crippen LogP contribution >= 0.6 is 0 Å². The molecule has 0 saturated carbocycles. The SMILES string of the molecule is Cc1cc(C(C)(C)C)ccc1-c1cc(=O)c2c(ccc[n+]2O)[nH]1. The van der Waals surface area contributed by atoms with Gasteiger partial charge >= 0.3 is 5.52 Å². The van der Waals surface area contributed by atoms with Gasteiger partial charge in [-0.25, -0.2) is 0 Å². The molecule has 1 aromatic carbocycles. The van der Waals surface area contributed by atoms with Crippen LogP contribution in [0.3, 0.4) is 0 Å². The predicted octanol–water partition coefficient (Wildman–Crippen LogP) is 3.33.